The van der Waals surface area contributed by atoms with Gasteiger partial charge < -0.3 is 14.6 Å². The fourth-order valence-corrected chi connectivity index (χ4v) is 7.50. The van der Waals surface area contributed by atoms with Gasteiger partial charge in [0.15, 0.2) is 11.0 Å². The van der Waals surface area contributed by atoms with E-state index in [2.05, 4.69) is 48.4 Å². The number of aryl methyl sites for hydroxylation is 2. The lowest BCUT2D eigenvalue weighted by molar-refractivity contribution is -0.124. The van der Waals surface area contributed by atoms with Gasteiger partial charge in [-0.25, -0.2) is 0 Å². The average molecular weight is 455 g/mol. The van der Waals surface area contributed by atoms with Crippen LogP contribution >= 0.6 is 11.8 Å². The molecular formula is C25H34N4O2S. The molecule has 6 nitrogen and oxygen atoms in total. The monoisotopic (exact) mass is 454 g/mol. The molecule has 172 valence electrons. The maximum atomic E-state index is 12.9. The van der Waals surface area contributed by atoms with Crippen LogP contribution in [-0.2, 0) is 17.9 Å². The Morgan fingerprint density at radius 2 is 1.84 bits per heavy atom. The van der Waals surface area contributed by atoms with Crippen LogP contribution in [0.4, 0.5) is 0 Å². The van der Waals surface area contributed by atoms with Gasteiger partial charge in [0.2, 0.25) is 5.91 Å². The second-order valence-electron chi connectivity index (χ2n) is 10.2. The predicted octanol–water partition coefficient (Wildman–Crippen LogP) is 4.67. The summed E-state index contributed by atoms with van der Waals surface area (Å²) in [6.07, 6.45) is 7.70. The van der Waals surface area contributed by atoms with E-state index in [1.54, 1.807) is 0 Å². The van der Waals surface area contributed by atoms with Crippen molar-refractivity contribution in [1.29, 1.82) is 0 Å². The molecule has 1 heterocycles. The minimum absolute atomic E-state index is 0.0652. The summed E-state index contributed by atoms with van der Waals surface area (Å²) >= 11 is 1.48. The minimum atomic E-state index is 0.0652. The van der Waals surface area contributed by atoms with E-state index < -0.39 is 0 Å². The third-order valence-electron chi connectivity index (χ3n) is 7.57. The van der Waals surface area contributed by atoms with E-state index in [1.165, 1.54) is 55.9 Å². The van der Waals surface area contributed by atoms with Gasteiger partial charge in [0.25, 0.3) is 0 Å². The van der Waals surface area contributed by atoms with E-state index >= 15 is 0 Å². The molecule has 0 atom stereocenters. The topological polar surface area (TPSA) is 69.0 Å². The molecule has 0 aliphatic heterocycles. The second kappa shape index (κ2) is 8.73. The standard InChI is InChI=1S/C25H34N4O2S/c1-4-29-22(14-31-21-6-5-16(2)7-17(21)3)27-28-24(29)32-15-23(30)26-25-11-18-8-19(12-25)10-20(9-18)13-25/h5-7,18-20H,4,8-15H2,1-3H3,(H,26,30). The van der Waals surface area contributed by atoms with Gasteiger partial charge in [0.05, 0.1) is 5.75 Å². The van der Waals surface area contributed by atoms with Crippen molar-refractivity contribution in [3.8, 4) is 5.75 Å². The molecule has 32 heavy (non-hydrogen) atoms. The SMILES string of the molecule is CCn1c(COc2ccc(C)cc2C)nnc1SCC(=O)NC12CC3CC(CC(C3)C1)C2. The van der Waals surface area contributed by atoms with Crippen LogP contribution in [0.25, 0.3) is 0 Å². The van der Waals surface area contributed by atoms with E-state index in [1.807, 2.05) is 10.6 Å². The van der Waals surface area contributed by atoms with Gasteiger partial charge in [-0.1, -0.05) is 29.5 Å². The zero-order chi connectivity index (χ0) is 22.3. The number of nitrogens with one attached hydrogen (secondary N) is 1. The van der Waals surface area contributed by atoms with E-state index in [-0.39, 0.29) is 11.4 Å². The Balaban J connectivity index is 1.18. The highest BCUT2D eigenvalue weighted by Crippen LogP contribution is 2.55. The highest BCUT2D eigenvalue weighted by atomic mass is 32.2. The zero-order valence-corrected chi connectivity index (χ0v) is 20.2. The molecular weight excluding hydrogens is 420 g/mol. The maximum absolute atomic E-state index is 12.9. The number of hydrogen-bond acceptors (Lipinski definition) is 5. The highest BCUT2D eigenvalue weighted by Gasteiger charge is 2.51. The number of aromatic nitrogens is 3. The third kappa shape index (κ3) is 4.41. The number of ether oxygens (including phenoxy) is 1. The first-order valence-electron chi connectivity index (χ1n) is 12.0. The van der Waals surface area contributed by atoms with Crippen molar-refractivity contribution in [2.24, 2.45) is 17.8 Å². The van der Waals surface area contributed by atoms with E-state index in [4.69, 9.17) is 4.74 Å². The lowest BCUT2D eigenvalue weighted by Crippen LogP contribution is -2.60. The van der Waals surface area contributed by atoms with Crippen molar-refractivity contribution in [3.63, 3.8) is 0 Å². The van der Waals surface area contributed by atoms with E-state index in [0.717, 1.165) is 46.6 Å². The van der Waals surface area contributed by atoms with Crippen LogP contribution in [-0.4, -0.2) is 32.0 Å². The third-order valence-corrected chi connectivity index (χ3v) is 8.54. The van der Waals surface area contributed by atoms with Gasteiger partial charge in [-0.05, 0) is 88.7 Å². The Hall–Kier alpha value is -2.02. The Morgan fingerprint density at radius 1 is 1.16 bits per heavy atom. The van der Waals surface area contributed by atoms with Crippen LogP contribution in [0.1, 0.15) is 62.4 Å². The Kier molecular flexibility index (Phi) is 5.95. The first-order valence-corrected chi connectivity index (χ1v) is 13.0. The van der Waals surface area contributed by atoms with Gasteiger partial charge in [-0.2, -0.15) is 0 Å². The molecule has 0 radical (unpaired) electrons. The molecule has 1 N–H and O–H groups in total. The second-order valence-corrected chi connectivity index (χ2v) is 11.2. The molecule has 6 rings (SSSR count). The number of benzene rings is 1. The molecule has 4 aliphatic carbocycles. The van der Waals surface area contributed by atoms with E-state index in [0.29, 0.717) is 12.4 Å². The molecule has 4 fully saturated rings. The fourth-order valence-electron chi connectivity index (χ4n) is 6.68. The Labute approximate surface area is 194 Å². The lowest BCUT2D eigenvalue weighted by Gasteiger charge is -2.56. The van der Waals surface area contributed by atoms with Crippen molar-refractivity contribution in [2.45, 2.75) is 83.1 Å². The molecule has 1 amide bonds. The smallest absolute Gasteiger partial charge is 0.230 e. The van der Waals surface area contributed by atoms with E-state index in [9.17, 15) is 4.79 Å². The number of carbonyl (C=O) groups excluding carboxylic acids is 1. The summed E-state index contributed by atoms with van der Waals surface area (Å²) in [5.41, 5.74) is 2.40. The highest BCUT2D eigenvalue weighted by molar-refractivity contribution is 7.99. The molecule has 0 saturated heterocycles. The van der Waals surface area contributed by atoms with Crippen LogP contribution in [0.3, 0.4) is 0 Å². The fraction of sp³-hybridized carbons (Fsp3) is 0.640. The van der Waals surface area contributed by atoms with Gasteiger partial charge in [0, 0.05) is 12.1 Å². The summed E-state index contributed by atoms with van der Waals surface area (Å²) in [5, 5.41) is 12.9. The van der Waals surface area contributed by atoms with Crippen LogP contribution in [0.2, 0.25) is 0 Å². The summed E-state index contributed by atoms with van der Waals surface area (Å²) in [7, 11) is 0. The van der Waals surface area contributed by atoms with Gasteiger partial charge in [-0.3, -0.25) is 4.79 Å². The Morgan fingerprint density at radius 3 is 2.47 bits per heavy atom. The normalized spacial score (nSPS) is 28.2. The quantitative estimate of drug-likeness (QED) is 0.587. The number of hydrogen-bond donors (Lipinski definition) is 1. The lowest BCUT2D eigenvalue weighted by atomic mass is 9.53. The largest absolute Gasteiger partial charge is 0.485 e. The first kappa shape index (κ1) is 21.8. The maximum Gasteiger partial charge on any atom is 0.230 e. The molecule has 4 bridgehead atoms. The summed E-state index contributed by atoms with van der Waals surface area (Å²) in [6.45, 7) is 7.32. The molecule has 0 unspecified atom stereocenters. The minimum Gasteiger partial charge on any atom is -0.485 e. The molecule has 0 spiro atoms. The summed E-state index contributed by atoms with van der Waals surface area (Å²) < 4.78 is 8.05. The summed E-state index contributed by atoms with van der Waals surface area (Å²) in [5.74, 6) is 4.67. The van der Waals surface area contributed by atoms with Crippen molar-refractivity contribution in [1.82, 2.24) is 20.1 Å². The van der Waals surface area contributed by atoms with Gasteiger partial charge in [0.1, 0.15) is 12.4 Å². The molecule has 7 heteroatoms. The zero-order valence-electron chi connectivity index (χ0n) is 19.4. The van der Waals surface area contributed by atoms with Gasteiger partial charge >= 0.3 is 0 Å². The van der Waals surface area contributed by atoms with Crippen LogP contribution in [0.15, 0.2) is 23.4 Å². The van der Waals surface area contributed by atoms with Crippen LogP contribution in [0.5, 0.6) is 5.75 Å². The predicted molar refractivity (Wildman–Crippen MR) is 126 cm³/mol. The number of thioether (sulfide) groups is 1. The molecule has 4 saturated carbocycles. The molecule has 4 aliphatic rings. The van der Waals surface area contributed by atoms with Crippen LogP contribution < -0.4 is 10.1 Å². The summed E-state index contributed by atoms with van der Waals surface area (Å²) in [4.78, 5) is 12.9. The van der Waals surface area contributed by atoms with Crippen molar-refractivity contribution in [3.05, 3.63) is 35.2 Å². The first-order chi connectivity index (χ1) is 15.4. The number of carbonyl (C=O) groups is 1. The van der Waals surface area contributed by atoms with Gasteiger partial charge in [-0.15, -0.1) is 10.2 Å². The number of nitrogens with zero attached hydrogens (tertiary/aromatic N) is 3. The Bertz CT molecular complexity index is 967. The molecule has 1 aromatic heterocycles. The average Bonchev–Trinajstić information content (AvgIpc) is 3.12. The van der Waals surface area contributed by atoms with Crippen molar-refractivity contribution < 1.29 is 9.53 Å². The molecule has 2 aromatic rings. The molecule has 1 aromatic carbocycles. The van der Waals surface area contributed by atoms with Crippen molar-refractivity contribution in [2.75, 3.05) is 5.75 Å². The number of rotatable bonds is 8. The van der Waals surface area contributed by atoms with Crippen molar-refractivity contribution >= 4 is 17.7 Å². The summed E-state index contributed by atoms with van der Waals surface area (Å²) in [6, 6.07) is 6.17. The van der Waals surface area contributed by atoms with Crippen LogP contribution in [0, 0.1) is 31.6 Å². The number of amides is 1.